The third-order valence-corrected chi connectivity index (χ3v) is 6.17. The van der Waals surface area contributed by atoms with Crippen molar-refractivity contribution in [2.45, 2.75) is 45.4 Å². The Morgan fingerprint density at radius 3 is 2.62 bits per heavy atom. The van der Waals surface area contributed by atoms with Crippen LogP contribution in [0.4, 0.5) is 0 Å². The summed E-state index contributed by atoms with van der Waals surface area (Å²) in [5.74, 6) is -1.01. The number of aryl methyl sites for hydroxylation is 1. The van der Waals surface area contributed by atoms with E-state index in [4.69, 9.17) is 5.11 Å². The summed E-state index contributed by atoms with van der Waals surface area (Å²) in [6.45, 7) is 2.70. The number of hydrogen-bond donors (Lipinski definition) is 2. The molecule has 152 valence electrons. The van der Waals surface area contributed by atoms with E-state index in [1.807, 2.05) is 12.1 Å². The van der Waals surface area contributed by atoms with Gasteiger partial charge in [-0.2, -0.15) is 0 Å². The fourth-order valence-corrected chi connectivity index (χ4v) is 4.31. The molecule has 1 aromatic heterocycles. The van der Waals surface area contributed by atoms with Crippen LogP contribution in [0.3, 0.4) is 0 Å². The van der Waals surface area contributed by atoms with Crippen molar-refractivity contribution < 1.29 is 14.7 Å². The van der Waals surface area contributed by atoms with Gasteiger partial charge in [0.05, 0.1) is 0 Å². The average Bonchev–Trinajstić information content (AvgIpc) is 3.20. The second-order valence-electron chi connectivity index (χ2n) is 7.25. The largest absolute Gasteiger partial charge is 0.477 e. The monoisotopic (exact) mass is 409 g/mol. The Kier molecular flexibility index (Phi) is 7.42. The van der Waals surface area contributed by atoms with Crippen LogP contribution in [0.2, 0.25) is 0 Å². The highest BCUT2D eigenvalue weighted by molar-refractivity contribution is 7.13. The first kappa shape index (κ1) is 21.1. The van der Waals surface area contributed by atoms with Crippen molar-refractivity contribution in [3.05, 3.63) is 69.4 Å². The lowest BCUT2D eigenvalue weighted by atomic mass is 9.99. The van der Waals surface area contributed by atoms with Gasteiger partial charge in [0.15, 0.2) is 0 Å². The summed E-state index contributed by atoms with van der Waals surface area (Å²) in [6, 6.07) is 15.6. The molecule has 29 heavy (non-hydrogen) atoms. The molecule has 4 nitrogen and oxygen atoms in total. The van der Waals surface area contributed by atoms with E-state index in [-0.39, 0.29) is 5.91 Å². The number of thiophene rings is 1. The first-order chi connectivity index (χ1) is 14.1. The molecule has 0 aliphatic carbocycles. The van der Waals surface area contributed by atoms with Gasteiger partial charge in [-0.3, -0.25) is 4.79 Å². The lowest BCUT2D eigenvalue weighted by Gasteiger charge is -2.09. The summed E-state index contributed by atoms with van der Waals surface area (Å²) in [6.07, 6.45) is 6.67. The molecule has 0 radical (unpaired) electrons. The smallest absolute Gasteiger partial charge is 0.345 e. The SMILES string of the molecule is CCCCCCc1ccc2c(C(=O)NCCc3ccc(C(=O)O)s3)cccc2c1. The molecule has 1 heterocycles. The first-order valence-corrected chi connectivity index (χ1v) is 11.0. The molecule has 0 saturated carbocycles. The van der Waals surface area contributed by atoms with Crippen molar-refractivity contribution in [2.24, 2.45) is 0 Å². The summed E-state index contributed by atoms with van der Waals surface area (Å²) in [5.41, 5.74) is 2.00. The highest BCUT2D eigenvalue weighted by Crippen LogP contribution is 2.22. The molecule has 0 aliphatic rings. The third-order valence-electron chi connectivity index (χ3n) is 5.04. The molecule has 5 heteroatoms. The number of unbranched alkanes of at least 4 members (excludes halogenated alkanes) is 3. The maximum absolute atomic E-state index is 12.7. The summed E-state index contributed by atoms with van der Waals surface area (Å²) in [4.78, 5) is 24.9. The Morgan fingerprint density at radius 2 is 1.86 bits per heavy atom. The van der Waals surface area contributed by atoms with Gasteiger partial charge < -0.3 is 10.4 Å². The summed E-state index contributed by atoms with van der Waals surface area (Å²) < 4.78 is 0. The average molecular weight is 410 g/mol. The van der Waals surface area contributed by atoms with Gasteiger partial charge in [0.2, 0.25) is 0 Å². The first-order valence-electron chi connectivity index (χ1n) is 10.2. The van der Waals surface area contributed by atoms with E-state index >= 15 is 0 Å². The van der Waals surface area contributed by atoms with E-state index in [0.29, 0.717) is 23.4 Å². The molecule has 3 rings (SSSR count). The van der Waals surface area contributed by atoms with Gasteiger partial charge >= 0.3 is 5.97 Å². The maximum atomic E-state index is 12.7. The Labute approximate surface area is 175 Å². The molecule has 0 atom stereocenters. The van der Waals surface area contributed by atoms with Crippen molar-refractivity contribution in [2.75, 3.05) is 6.54 Å². The molecular weight excluding hydrogens is 382 g/mol. The van der Waals surface area contributed by atoms with E-state index < -0.39 is 5.97 Å². The molecule has 0 saturated heterocycles. The highest BCUT2D eigenvalue weighted by atomic mass is 32.1. The van der Waals surface area contributed by atoms with Crippen LogP contribution in [0.25, 0.3) is 10.8 Å². The Morgan fingerprint density at radius 1 is 1.00 bits per heavy atom. The van der Waals surface area contributed by atoms with Gasteiger partial charge in [-0.15, -0.1) is 11.3 Å². The third kappa shape index (κ3) is 5.67. The van der Waals surface area contributed by atoms with Gasteiger partial charge in [-0.1, -0.05) is 56.5 Å². The fourth-order valence-electron chi connectivity index (χ4n) is 3.46. The number of carbonyl (C=O) groups is 2. The molecule has 2 N–H and O–H groups in total. The number of rotatable bonds is 10. The lowest BCUT2D eigenvalue weighted by molar-refractivity contribution is 0.0702. The van der Waals surface area contributed by atoms with Gasteiger partial charge in [0, 0.05) is 17.0 Å². The van der Waals surface area contributed by atoms with Crippen LogP contribution in [0.1, 0.15) is 63.1 Å². The second kappa shape index (κ2) is 10.2. The number of benzene rings is 2. The zero-order chi connectivity index (χ0) is 20.6. The Balaban J connectivity index is 1.62. The fraction of sp³-hybridized carbons (Fsp3) is 0.333. The van der Waals surface area contributed by atoms with Gasteiger partial charge in [0.1, 0.15) is 4.88 Å². The van der Waals surface area contributed by atoms with Crippen molar-refractivity contribution >= 4 is 34.0 Å². The summed E-state index contributed by atoms with van der Waals surface area (Å²) in [5, 5.41) is 14.0. The van der Waals surface area contributed by atoms with Crippen LogP contribution in [-0.2, 0) is 12.8 Å². The van der Waals surface area contributed by atoms with E-state index in [9.17, 15) is 9.59 Å². The number of aromatic carboxylic acids is 1. The van der Waals surface area contributed by atoms with Crippen molar-refractivity contribution in [3.63, 3.8) is 0 Å². The number of nitrogens with one attached hydrogen (secondary N) is 1. The quantitative estimate of drug-likeness (QED) is 0.422. The van der Waals surface area contributed by atoms with Crippen LogP contribution in [-0.4, -0.2) is 23.5 Å². The molecule has 0 fully saturated rings. The van der Waals surface area contributed by atoms with Crippen LogP contribution in [0, 0.1) is 0 Å². The predicted octanol–water partition coefficient (Wildman–Crippen LogP) is 5.69. The standard InChI is InChI=1S/C24H27NO3S/c1-2-3-4-5-7-17-10-12-20-18(16-17)8-6-9-21(20)23(26)25-15-14-19-11-13-22(29-19)24(27)28/h6,8-13,16H,2-5,7,14-15H2,1H3,(H,25,26)(H,27,28). The van der Waals surface area contributed by atoms with Crippen LogP contribution >= 0.6 is 11.3 Å². The Bertz CT molecular complexity index is 993. The second-order valence-corrected chi connectivity index (χ2v) is 8.42. The molecule has 2 aromatic carbocycles. The summed E-state index contributed by atoms with van der Waals surface area (Å²) >= 11 is 1.25. The van der Waals surface area contributed by atoms with Crippen LogP contribution in [0.5, 0.6) is 0 Å². The number of amides is 1. The molecular formula is C24H27NO3S. The van der Waals surface area contributed by atoms with E-state index in [1.165, 1.54) is 42.6 Å². The number of carboxylic acids is 1. The van der Waals surface area contributed by atoms with E-state index in [2.05, 4.69) is 36.5 Å². The van der Waals surface area contributed by atoms with Crippen LogP contribution < -0.4 is 5.32 Å². The molecule has 3 aromatic rings. The Hall–Kier alpha value is -2.66. The minimum absolute atomic E-state index is 0.0960. The topological polar surface area (TPSA) is 66.4 Å². The minimum Gasteiger partial charge on any atom is -0.477 e. The van der Waals surface area contributed by atoms with Gasteiger partial charge in [0.25, 0.3) is 5.91 Å². The molecule has 0 unspecified atom stereocenters. The minimum atomic E-state index is -0.911. The summed E-state index contributed by atoms with van der Waals surface area (Å²) in [7, 11) is 0. The van der Waals surface area contributed by atoms with E-state index in [0.717, 1.165) is 22.1 Å². The number of carbonyl (C=O) groups excluding carboxylic acids is 1. The molecule has 0 bridgehead atoms. The van der Waals surface area contributed by atoms with Crippen LogP contribution in [0.15, 0.2) is 48.5 Å². The van der Waals surface area contributed by atoms with Gasteiger partial charge in [-0.05, 0) is 53.8 Å². The molecule has 0 aliphatic heterocycles. The zero-order valence-electron chi connectivity index (χ0n) is 16.7. The van der Waals surface area contributed by atoms with Crippen molar-refractivity contribution in [3.8, 4) is 0 Å². The van der Waals surface area contributed by atoms with Crippen molar-refractivity contribution in [1.29, 1.82) is 0 Å². The van der Waals surface area contributed by atoms with Crippen molar-refractivity contribution in [1.82, 2.24) is 5.32 Å². The zero-order valence-corrected chi connectivity index (χ0v) is 17.6. The maximum Gasteiger partial charge on any atom is 0.345 e. The lowest BCUT2D eigenvalue weighted by Crippen LogP contribution is -2.25. The predicted molar refractivity (Wildman–Crippen MR) is 119 cm³/mol. The van der Waals surface area contributed by atoms with E-state index in [1.54, 1.807) is 12.1 Å². The normalized spacial score (nSPS) is 10.9. The number of fused-ring (bicyclic) bond motifs is 1. The molecule has 0 spiro atoms. The van der Waals surface area contributed by atoms with Gasteiger partial charge in [-0.25, -0.2) is 4.79 Å². The number of hydrogen-bond acceptors (Lipinski definition) is 3. The number of carboxylic acid groups (broad SMARTS) is 1. The highest BCUT2D eigenvalue weighted by Gasteiger charge is 2.11. The molecule has 1 amide bonds.